The highest BCUT2D eigenvalue weighted by Crippen LogP contribution is 2.49. The summed E-state index contributed by atoms with van der Waals surface area (Å²) in [6, 6.07) is -0.0963. The van der Waals surface area contributed by atoms with Crippen LogP contribution in [0.25, 0.3) is 0 Å². The van der Waals surface area contributed by atoms with E-state index in [-0.39, 0.29) is 35.7 Å². The van der Waals surface area contributed by atoms with E-state index in [0.717, 1.165) is 38.6 Å². The number of rotatable bonds is 4. The standard InChI is InChI=1S/C18H28N2O4/c1-3-14(21)20-8-4-5-13(10-20)17(22)19-16-12-7-6-11(9-12)15(16)18(23)24-2/h11-13,15-16H,3-10H2,1-2H3,(H,19,22)/t11-,12-,13-,15-,16+/m0/s1. The molecule has 1 saturated heterocycles. The van der Waals surface area contributed by atoms with Crippen LogP contribution < -0.4 is 5.32 Å². The molecule has 6 nitrogen and oxygen atoms in total. The summed E-state index contributed by atoms with van der Waals surface area (Å²) >= 11 is 0. The number of nitrogens with zero attached hydrogens (tertiary/aromatic N) is 1. The fraction of sp³-hybridized carbons (Fsp3) is 0.833. The third-order valence-electron chi connectivity index (χ3n) is 6.15. The van der Waals surface area contributed by atoms with Gasteiger partial charge in [-0.3, -0.25) is 14.4 Å². The largest absolute Gasteiger partial charge is 0.469 e. The number of nitrogens with one attached hydrogen (secondary N) is 1. The van der Waals surface area contributed by atoms with Gasteiger partial charge in [-0.2, -0.15) is 0 Å². The summed E-state index contributed by atoms with van der Waals surface area (Å²) in [5.74, 6) is 0.285. The topological polar surface area (TPSA) is 75.7 Å². The molecule has 6 heteroatoms. The second-order valence-electron chi connectivity index (χ2n) is 7.45. The van der Waals surface area contributed by atoms with Crippen LogP contribution in [-0.4, -0.2) is 48.9 Å². The molecule has 134 valence electrons. The quantitative estimate of drug-likeness (QED) is 0.786. The second kappa shape index (κ2) is 7.11. The van der Waals surface area contributed by atoms with Crippen molar-refractivity contribution in [2.75, 3.05) is 20.2 Å². The van der Waals surface area contributed by atoms with Crippen LogP contribution >= 0.6 is 0 Å². The molecule has 1 heterocycles. The minimum absolute atomic E-state index is 0.00458. The van der Waals surface area contributed by atoms with Crippen LogP contribution in [-0.2, 0) is 19.1 Å². The molecule has 0 spiro atoms. The summed E-state index contributed by atoms with van der Waals surface area (Å²) < 4.78 is 4.96. The van der Waals surface area contributed by atoms with Crippen molar-refractivity contribution in [3.05, 3.63) is 0 Å². The van der Waals surface area contributed by atoms with E-state index in [0.29, 0.717) is 24.8 Å². The van der Waals surface area contributed by atoms with Crippen molar-refractivity contribution >= 4 is 17.8 Å². The molecule has 0 aromatic heterocycles. The van der Waals surface area contributed by atoms with Gasteiger partial charge in [0.2, 0.25) is 11.8 Å². The van der Waals surface area contributed by atoms with Crippen LogP contribution in [0.5, 0.6) is 0 Å². The van der Waals surface area contributed by atoms with Crippen molar-refractivity contribution < 1.29 is 19.1 Å². The lowest BCUT2D eigenvalue weighted by molar-refractivity contribution is -0.148. The highest BCUT2D eigenvalue weighted by Gasteiger charge is 2.52. The average molecular weight is 336 g/mol. The van der Waals surface area contributed by atoms with Crippen molar-refractivity contribution in [3.8, 4) is 0 Å². The molecule has 2 amide bonds. The normalized spacial score (nSPS) is 34.9. The van der Waals surface area contributed by atoms with E-state index in [9.17, 15) is 14.4 Å². The zero-order valence-corrected chi connectivity index (χ0v) is 14.6. The summed E-state index contributed by atoms with van der Waals surface area (Å²) in [4.78, 5) is 38.6. The Bertz CT molecular complexity index is 521. The van der Waals surface area contributed by atoms with Crippen LogP contribution in [0.3, 0.4) is 0 Å². The summed E-state index contributed by atoms with van der Waals surface area (Å²) in [6.07, 6.45) is 5.29. The Kier molecular flexibility index (Phi) is 5.11. The van der Waals surface area contributed by atoms with Gasteiger partial charge in [0.15, 0.2) is 0 Å². The molecule has 1 aliphatic heterocycles. The van der Waals surface area contributed by atoms with E-state index in [1.165, 1.54) is 7.11 Å². The highest BCUT2D eigenvalue weighted by atomic mass is 16.5. The van der Waals surface area contributed by atoms with Gasteiger partial charge in [0.25, 0.3) is 0 Å². The molecule has 3 rings (SSSR count). The van der Waals surface area contributed by atoms with Crippen molar-refractivity contribution in [2.45, 2.75) is 51.5 Å². The highest BCUT2D eigenvalue weighted by molar-refractivity contribution is 5.83. The Balaban J connectivity index is 1.63. The molecular weight excluding hydrogens is 308 g/mol. The van der Waals surface area contributed by atoms with E-state index < -0.39 is 0 Å². The second-order valence-corrected chi connectivity index (χ2v) is 7.45. The average Bonchev–Trinajstić information content (AvgIpc) is 3.22. The lowest BCUT2D eigenvalue weighted by Gasteiger charge is -2.35. The number of piperidine rings is 1. The molecule has 5 atom stereocenters. The van der Waals surface area contributed by atoms with E-state index in [1.807, 2.05) is 6.92 Å². The number of amides is 2. The zero-order chi connectivity index (χ0) is 17.3. The Labute approximate surface area is 143 Å². The van der Waals surface area contributed by atoms with Gasteiger partial charge in [-0.25, -0.2) is 0 Å². The van der Waals surface area contributed by atoms with Gasteiger partial charge >= 0.3 is 5.97 Å². The Morgan fingerprint density at radius 3 is 2.62 bits per heavy atom. The van der Waals surface area contributed by atoms with Crippen molar-refractivity contribution in [3.63, 3.8) is 0 Å². The first kappa shape index (κ1) is 17.2. The molecule has 3 aliphatic rings. The van der Waals surface area contributed by atoms with Crippen LogP contribution in [0.15, 0.2) is 0 Å². The Morgan fingerprint density at radius 2 is 1.92 bits per heavy atom. The molecule has 2 saturated carbocycles. The van der Waals surface area contributed by atoms with Gasteiger partial charge in [0, 0.05) is 25.6 Å². The molecule has 0 radical (unpaired) electrons. The molecule has 1 N–H and O–H groups in total. The molecular formula is C18H28N2O4. The van der Waals surface area contributed by atoms with Crippen LogP contribution in [0.4, 0.5) is 0 Å². The maximum Gasteiger partial charge on any atom is 0.311 e. The fourth-order valence-electron chi connectivity index (χ4n) is 4.90. The minimum Gasteiger partial charge on any atom is -0.469 e. The van der Waals surface area contributed by atoms with Gasteiger partial charge in [0.05, 0.1) is 18.9 Å². The number of carbonyl (C=O) groups is 3. The number of hydrogen-bond acceptors (Lipinski definition) is 4. The van der Waals surface area contributed by atoms with Crippen LogP contribution in [0.1, 0.15) is 45.4 Å². The van der Waals surface area contributed by atoms with Gasteiger partial charge in [-0.1, -0.05) is 6.92 Å². The predicted octanol–water partition coefficient (Wildman–Crippen LogP) is 1.34. The van der Waals surface area contributed by atoms with E-state index >= 15 is 0 Å². The molecule has 0 unspecified atom stereocenters. The number of carbonyl (C=O) groups excluding carboxylic acids is 3. The lowest BCUT2D eigenvalue weighted by Crippen LogP contribution is -2.52. The van der Waals surface area contributed by atoms with E-state index in [4.69, 9.17) is 4.74 Å². The number of fused-ring (bicyclic) bond motifs is 2. The maximum absolute atomic E-state index is 12.7. The van der Waals surface area contributed by atoms with E-state index in [2.05, 4.69) is 5.32 Å². The van der Waals surface area contributed by atoms with E-state index in [1.54, 1.807) is 4.90 Å². The predicted molar refractivity (Wildman–Crippen MR) is 87.9 cm³/mol. The van der Waals surface area contributed by atoms with Gasteiger partial charge in [-0.05, 0) is 43.9 Å². The first-order valence-corrected chi connectivity index (χ1v) is 9.21. The first-order chi connectivity index (χ1) is 11.5. The minimum atomic E-state index is -0.199. The van der Waals surface area contributed by atoms with Gasteiger partial charge in [-0.15, -0.1) is 0 Å². The van der Waals surface area contributed by atoms with Crippen LogP contribution in [0.2, 0.25) is 0 Å². The smallest absolute Gasteiger partial charge is 0.311 e. The summed E-state index contributed by atoms with van der Waals surface area (Å²) in [5, 5.41) is 3.15. The monoisotopic (exact) mass is 336 g/mol. The number of methoxy groups -OCH3 is 1. The Morgan fingerprint density at radius 1 is 1.17 bits per heavy atom. The molecule has 2 aliphatic carbocycles. The van der Waals surface area contributed by atoms with Gasteiger partial charge in [0.1, 0.15) is 0 Å². The van der Waals surface area contributed by atoms with Crippen molar-refractivity contribution in [2.24, 2.45) is 23.7 Å². The maximum atomic E-state index is 12.7. The van der Waals surface area contributed by atoms with Gasteiger partial charge < -0.3 is 15.0 Å². The fourth-order valence-corrected chi connectivity index (χ4v) is 4.90. The summed E-state index contributed by atoms with van der Waals surface area (Å²) in [6.45, 7) is 3.10. The SMILES string of the molecule is CCC(=O)N1CCC[C@H](C(=O)N[C@@H]2[C@H]3CC[C@@H](C3)[C@@H]2C(=O)OC)C1. The lowest BCUT2D eigenvalue weighted by atomic mass is 9.84. The number of likely N-dealkylation sites (tertiary alicyclic amines) is 1. The Hall–Kier alpha value is -1.59. The number of esters is 1. The third-order valence-corrected chi connectivity index (χ3v) is 6.15. The van der Waals surface area contributed by atoms with Crippen molar-refractivity contribution in [1.82, 2.24) is 10.2 Å². The number of hydrogen-bond donors (Lipinski definition) is 1. The van der Waals surface area contributed by atoms with Crippen molar-refractivity contribution in [1.29, 1.82) is 0 Å². The third kappa shape index (κ3) is 3.15. The first-order valence-electron chi connectivity index (χ1n) is 9.21. The molecule has 2 bridgehead atoms. The zero-order valence-electron chi connectivity index (χ0n) is 14.6. The van der Waals surface area contributed by atoms with Crippen LogP contribution in [0, 0.1) is 23.7 Å². The molecule has 0 aromatic carbocycles. The molecule has 0 aromatic rings. The summed E-state index contributed by atoms with van der Waals surface area (Å²) in [7, 11) is 1.42. The molecule has 3 fully saturated rings. The summed E-state index contributed by atoms with van der Waals surface area (Å²) in [5.41, 5.74) is 0. The molecule has 24 heavy (non-hydrogen) atoms. The number of ether oxygens (including phenoxy) is 1.